The van der Waals surface area contributed by atoms with Gasteiger partial charge >= 0.3 is 5.97 Å². The van der Waals surface area contributed by atoms with Gasteiger partial charge in [0.05, 0.1) is 12.4 Å². The second-order valence-corrected chi connectivity index (χ2v) is 5.79. The van der Waals surface area contributed by atoms with Crippen molar-refractivity contribution in [2.75, 3.05) is 12.4 Å². The molecule has 0 saturated carbocycles. The number of ketones is 1. The fraction of sp³-hybridized carbons (Fsp3) is 0.818. The summed E-state index contributed by atoms with van der Waals surface area (Å²) in [5, 5.41) is -0.0360. The summed E-state index contributed by atoms with van der Waals surface area (Å²) in [6.45, 7) is 7.70. The normalized spacial score (nSPS) is 14.6. The van der Waals surface area contributed by atoms with Gasteiger partial charge < -0.3 is 4.74 Å². The Kier molecular flexibility index (Phi) is 7.21. The monoisotopic (exact) mass is 248 g/mol. The summed E-state index contributed by atoms with van der Waals surface area (Å²) in [5.41, 5.74) is 0. The van der Waals surface area contributed by atoms with E-state index in [1.165, 1.54) is 0 Å². The molecule has 0 rings (SSSR count). The van der Waals surface area contributed by atoms with Gasteiger partial charge in [-0.15, -0.1) is 0 Å². The summed E-state index contributed by atoms with van der Waals surface area (Å²) in [5.74, 6) is -0.653. The highest BCUT2D eigenvalue weighted by Gasteiger charge is 2.19. The molecule has 0 aliphatic rings. The van der Waals surface area contributed by atoms with Crippen LogP contribution in [0.1, 0.15) is 34.1 Å². The number of carbonyl (C=O) groups excluding carboxylic acids is 2. The molecule has 0 radical (unpaired) electrons. The van der Waals surface area contributed by atoms with Gasteiger partial charge in [-0.3, -0.25) is 13.8 Å². The second-order valence-electron chi connectivity index (χ2n) is 3.99. The molecule has 0 aromatic carbocycles. The molecule has 0 heterocycles. The van der Waals surface area contributed by atoms with Gasteiger partial charge in [0.2, 0.25) is 0 Å². The quantitative estimate of drug-likeness (QED) is 0.503. The first kappa shape index (κ1) is 15.3. The van der Waals surface area contributed by atoms with Crippen LogP contribution in [-0.4, -0.2) is 33.6 Å². The SMILES string of the molecule is CCOC(=O)CC(=O)CS(=O)C(C)C(C)C. The Labute approximate surface area is 99.2 Å². The maximum atomic E-state index is 11.7. The van der Waals surface area contributed by atoms with Crippen LogP contribution in [0.15, 0.2) is 0 Å². The molecule has 5 heteroatoms. The zero-order chi connectivity index (χ0) is 12.7. The maximum Gasteiger partial charge on any atom is 0.313 e. The molecule has 0 spiro atoms. The molecule has 0 bridgehead atoms. The van der Waals surface area contributed by atoms with E-state index >= 15 is 0 Å². The third-order valence-electron chi connectivity index (χ3n) is 2.30. The number of ether oxygens (including phenoxy) is 1. The van der Waals surface area contributed by atoms with E-state index in [1.54, 1.807) is 6.92 Å². The van der Waals surface area contributed by atoms with E-state index in [0.29, 0.717) is 0 Å². The Morgan fingerprint density at radius 2 is 1.81 bits per heavy atom. The Balaban J connectivity index is 4.05. The third kappa shape index (κ3) is 6.00. The first-order valence-corrected chi connectivity index (χ1v) is 6.81. The summed E-state index contributed by atoms with van der Waals surface area (Å²) in [6, 6.07) is 0. The van der Waals surface area contributed by atoms with Crippen molar-refractivity contribution in [1.29, 1.82) is 0 Å². The van der Waals surface area contributed by atoms with E-state index in [-0.39, 0.29) is 35.7 Å². The van der Waals surface area contributed by atoms with Crippen molar-refractivity contribution in [1.82, 2.24) is 0 Å². The highest BCUT2D eigenvalue weighted by molar-refractivity contribution is 7.86. The molecule has 0 aliphatic heterocycles. The van der Waals surface area contributed by atoms with Gasteiger partial charge in [-0.25, -0.2) is 0 Å². The van der Waals surface area contributed by atoms with Gasteiger partial charge in [0.1, 0.15) is 6.42 Å². The Hall–Kier alpha value is -0.710. The molecule has 0 aromatic rings. The van der Waals surface area contributed by atoms with Gasteiger partial charge in [0.15, 0.2) is 5.78 Å². The van der Waals surface area contributed by atoms with E-state index in [4.69, 9.17) is 0 Å². The lowest BCUT2D eigenvalue weighted by molar-refractivity contribution is -0.145. The van der Waals surface area contributed by atoms with Gasteiger partial charge in [-0.1, -0.05) is 20.8 Å². The second kappa shape index (κ2) is 7.54. The average Bonchev–Trinajstić information content (AvgIpc) is 2.16. The summed E-state index contributed by atoms with van der Waals surface area (Å²) in [6.07, 6.45) is -0.273. The van der Waals surface area contributed by atoms with Crippen LogP contribution < -0.4 is 0 Å². The highest BCUT2D eigenvalue weighted by Crippen LogP contribution is 2.09. The molecule has 0 N–H and O–H groups in total. The van der Waals surface area contributed by atoms with Gasteiger partial charge in [0.25, 0.3) is 0 Å². The van der Waals surface area contributed by atoms with Crippen molar-refractivity contribution < 1.29 is 18.5 Å². The number of esters is 1. The lowest BCUT2D eigenvalue weighted by Crippen LogP contribution is -2.25. The van der Waals surface area contributed by atoms with Crippen LogP contribution in [0.4, 0.5) is 0 Å². The molecule has 94 valence electrons. The minimum atomic E-state index is -1.20. The maximum absolute atomic E-state index is 11.7. The summed E-state index contributed by atoms with van der Waals surface area (Å²) in [7, 11) is -1.20. The summed E-state index contributed by atoms with van der Waals surface area (Å²) >= 11 is 0. The minimum Gasteiger partial charge on any atom is -0.466 e. The molecular formula is C11H20O4S. The molecule has 0 aromatic heterocycles. The number of carbonyl (C=O) groups is 2. The zero-order valence-corrected chi connectivity index (χ0v) is 11.1. The van der Waals surface area contributed by atoms with Crippen molar-refractivity contribution in [3.63, 3.8) is 0 Å². The Morgan fingerprint density at radius 3 is 2.25 bits per heavy atom. The van der Waals surface area contributed by atoms with E-state index < -0.39 is 16.8 Å². The number of rotatable bonds is 7. The van der Waals surface area contributed by atoms with Crippen molar-refractivity contribution >= 4 is 22.6 Å². The Bertz CT molecular complexity index is 273. The van der Waals surface area contributed by atoms with E-state index in [0.717, 1.165) is 0 Å². The molecule has 16 heavy (non-hydrogen) atoms. The molecule has 0 saturated heterocycles. The molecule has 2 atom stereocenters. The fourth-order valence-corrected chi connectivity index (χ4v) is 2.31. The van der Waals surface area contributed by atoms with Gasteiger partial charge in [0, 0.05) is 16.0 Å². The highest BCUT2D eigenvalue weighted by atomic mass is 32.2. The van der Waals surface area contributed by atoms with Crippen LogP contribution in [0, 0.1) is 5.92 Å². The molecule has 0 aliphatic carbocycles. The summed E-state index contributed by atoms with van der Waals surface area (Å²) in [4.78, 5) is 22.4. The largest absolute Gasteiger partial charge is 0.466 e. The summed E-state index contributed by atoms with van der Waals surface area (Å²) < 4.78 is 16.3. The number of hydrogen-bond donors (Lipinski definition) is 0. The van der Waals surface area contributed by atoms with Crippen LogP contribution in [0.3, 0.4) is 0 Å². The third-order valence-corrected chi connectivity index (χ3v) is 4.28. The van der Waals surface area contributed by atoms with Crippen LogP contribution in [0.5, 0.6) is 0 Å². The van der Waals surface area contributed by atoms with Crippen LogP contribution >= 0.6 is 0 Å². The fourth-order valence-electron chi connectivity index (χ4n) is 1.02. The number of Topliss-reactive ketones (excluding diaryl/α,β-unsaturated/α-hetero) is 1. The Morgan fingerprint density at radius 1 is 1.25 bits per heavy atom. The predicted molar refractivity (Wildman–Crippen MR) is 63.6 cm³/mol. The standard InChI is InChI=1S/C11H20O4S/c1-5-15-11(13)6-10(12)7-16(14)9(4)8(2)3/h8-9H,5-7H2,1-4H3. The molecule has 0 amide bonds. The van der Waals surface area contributed by atoms with Gasteiger partial charge in [-0.2, -0.15) is 0 Å². The zero-order valence-electron chi connectivity index (χ0n) is 10.3. The van der Waals surface area contributed by atoms with Crippen molar-refractivity contribution in [3.05, 3.63) is 0 Å². The minimum absolute atomic E-state index is 0.0360. The van der Waals surface area contributed by atoms with Crippen LogP contribution in [0.2, 0.25) is 0 Å². The van der Waals surface area contributed by atoms with E-state index in [2.05, 4.69) is 4.74 Å². The molecule has 0 fully saturated rings. The average molecular weight is 248 g/mol. The lowest BCUT2D eigenvalue weighted by atomic mass is 10.2. The van der Waals surface area contributed by atoms with Crippen molar-refractivity contribution in [2.24, 2.45) is 5.92 Å². The predicted octanol–water partition coefficient (Wildman–Crippen LogP) is 1.30. The van der Waals surface area contributed by atoms with Crippen molar-refractivity contribution in [3.8, 4) is 0 Å². The van der Waals surface area contributed by atoms with Gasteiger partial charge in [-0.05, 0) is 12.8 Å². The lowest BCUT2D eigenvalue weighted by Gasteiger charge is -2.14. The van der Waals surface area contributed by atoms with Crippen LogP contribution in [-0.2, 0) is 25.1 Å². The number of hydrogen-bond acceptors (Lipinski definition) is 4. The molecule has 2 unspecified atom stereocenters. The molecule has 4 nitrogen and oxygen atoms in total. The smallest absolute Gasteiger partial charge is 0.313 e. The first-order chi connectivity index (χ1) is 7.38. The van der Waals surface area contributed by atoms with Crippen molar-refractivity contribution in [2.45, 2.75) is 39.4 Å². The topological polar surface area (TPSA) is 60.4 Å². The van der Waals surface area contributed by atoms with E-state index in [1.807, 2.05) is 20.8 Å². The van der Waals surface area contributed by atoms with E-state index in [9.17, 15) is 13.8 Å². The first-order valence-electron chi connectivity index (χ1n) is 5.43. The van der Waals surface area contributed by atoms with Crippen LogP contribution in [0.25, 0.3) is 0 Å². The molecular weight excluding hydrogens is 228 g/mol.